The molecule has 3 heteroatoms. The van der Waals surface area contributed by atoms with Crippen molar-refractivity contribution in [2.75, 3.05) is 34.2 Å². The third kappa shape index (κ3) is 3.14. The van der Waals surface area contributed by atoms with Crippen LogP contribution in [0.1, 0.15) is 12.8 Å². The maximum absolute atomic E-state index is 11.8. The SMILES string of the molecule is CN1CCC=CCC(C(=O)N(C)C)C1. The van der Waals surface area contributed by atoms with Crippen molar-refractivity contribution < 1.29 is 4.79 Å². The number of nitrogens with zero attached hydrogens (tertiary/aromatic N) is 2. The summed E-state index contributed by atoms with van der Waals surface area (Å²) >= 11 is 0. The summed E-state index contributed by atoms with van der Waals surface area (Å²) in [6.45, 7) is 1.93. The first kappa shape index (κ1) is 11.2. The second kappa shape index (κ2) is 5.15. The molecule has 1 unspecified atom stereocenters. The molecule has 0 aliphatic carbocycles. The van der Waals surface area contributed by atoms with Crippen molar-refractivity contribution in [3.63, 3.8) is 0 Å². The zero-order valence-electron chi connectivity index (χ0n) is 9.36. The Hall–Kier alpha value is -0.830. The topological polar surface area (TPSA) is 23.6 Å². The van der Waals surface area contributed by atoms with Crippen molar-refractivity contribution in [1.29, 1.82) is 0 Å². The van der Waals surface area contributed by atoms with Crippen LogP contribution in [0.4, 0.5) is 0 Å². The zero-order valence-corrected chi connectivity index (χ0v) is 9.36. The molecule has 1 heterocycles. The molecule has 0 radical (unpaired) electrons. The summed E-state index contributed by atoms with van der Waals surface area (Å²) in [5.41, 5.74) is 0. The fourth-order valence-corrected chi connectivity index (χ4v) is 1.76. The Morgan fingerprint density at radius 3 is 2.79 bits per heavy atom. The summed E-state index contributed by atoms with van der Waals surface area (Å²) in [4.78, 5) is 15.7. The van der Waals surface area contributed by atoms with E-state index in [4.69, 9.17) is 0 Å². The second-order valence-electron chi connectivity index (χ2n) is 4.19. The lowest BCUT2D eigenvalue weighted by Crippen LogP contribution is -2.37. The van der Waals surface area contributed by atoms with E-state index >= 15 is 0 Å². The largest absolute Gasteiger partial charge is 0.349 e. The van der Waals surface area contributed by atoms with Gasteiger partial charge in [0.1, 0.15) is 0 Å². The molecule has 0 saturated heterocycles. The van der Waals surface area contributed by atoms with Crippen molar-refractivity contribution in [1.82, 2.24) is 9.80 Å². The van der Waals surface area contributed by atoms with Crippen LogP contribution < -0.4 is 0 Å². The lowest BCUT2D eigenvalue weighted by atomic mass is 10.0. The standard InChI is InChI=1S/C11H20N2O/c1-12(2)11(14)10-7-5-4-6-8-13(3)9-10/h4-5,10H,6-9H2,1-3H3. The zero-order chi connectivity index (χ0) is 10.6. The summed E-state index contributed by atoms with van der Waals surface area (Å²) in [5.74, 6) is 0.370. The minimum Gasteiger partial charge on any atom is -0.349 e. The number of carbonyl (C=O) groups is 1. The highest BCUT2D eigenvalue weighted by molar-refractivity contribution is 5.78. The Morgan fingerprint density at radius 2 is 2.14 bits per heavy atom. The van der Waals surface area contributed by atoms with Gasteiger partial charge in [-0.05, 0) is 19.9 Å². The van der Waals surface area contributed by atoms with Crippen LogP contribution in [0.25, 0.3) is 0 Å². The minimum atomic E-state index is 0.131. The molecule has 1 aliphatic heterocycles. The average Bonchev–Trinajstić information content (AvgIpc) is 2.09. The molecule has 80 valence electrons. The third-order valence-electron chi connectivity index (χ3n) is 2.59. The van der Waals surface area contributed by atoms with Gasteiger partial charge in [-0.3, -0.25) is 4.79 Å². The number of rotatable bonds is 1. The molecule has 3 nitrogen and oxygen atoms in total. The van der Waals surface area contributed by atoms with E-state index in [0.29, 0.717) is 0 Å². The van der Waals surface area contributed by atoms with Gasteiger partial charge in [0.05, 0.1) is 5.92 Å². The fourth-order valence-electron chi connectivity index (χ4n) is 1.76. The molecule has 1 rings (SSSR count). The number of amides is 1. The van der Waals surface area contributed by atoms with Gasteiger partial charge in [-0.2, -0.15) is 0 Å². The van der Waals surface area contributed by atoms with Crippen molar-refractivity contribution in [3.05, 3.63) is 12.2 Å². The molecular formula is C11H20N2O. The number of carbonyl (C=O) groups excluding carboxylic acids is 1. The fraction of sp³-hybridized carbons (Fsp3) is 0.727. The molecule has 0 aromatic heterocycles. The molecule has 1 aliphatic rings. The van der Waals surface area contributed by atoms with E-state index in [0.717, 1.165) is 25.9 Å². The highest BCUT2D eigenvalue weighted by atomic mass is 16.2. The van der Waals surface area contributed by atoms with E-state index in [9.17, 15) is 4.79 Å². The Bertz CT molecular complexity index is 223. The summed E-state index contributed by atoms with van der Waals surface area (Å²) in [7, 11) is 5.73. The Balaban J connectivity index is 2.61. The maximum Gasteiger partial charge on any atom is 0.226 e. The second-order valence-corrected chi connectivity index (χ2v) is 4.19. The Labute approximate surface area is 86.4 Å². The predicted octanol–water partition coefficient (Wildman–Crippen LogP) is 0.973. The van der Waals surface area contributed by atoms with Crippen LogP contribution in [-0.4, -0.2) is 49.9 Å². The summed E-state index contributed by atoms with van der Waals surface area (Å²) in [6.07, 6.45) is 6.28. The number of allylic oxidation sites excluding steroid dienone is 1. The predicted molar refractivity (Wildman–Crippen MR) is 58.1 cm³/mol. The van der Waals surface area contributed by atoms with Crippen LogP contribution >= 0.6 is 0 Å². The van der Waals surface area contributed by atoms with Crippen LogP contribution in [0.3, 0.4) is 0 Å². The average molecular weight is 196 g/mol. The molecule has 14 heavy (non-hydrogen) atoms. The molecule has 0 N–H and O–H groups in total. The van der Waals surface area contributed by atoms with E-state index in [1.54, 1.807) is 4.90 Å². The van der Waals surface area contributed by atoms with Crippen LogP contribution in [-0.2, 0) is 4.79 Å². The number of hydrogen-bond acceptors (Lipinski definition) is 2. The van der Waals surface area contributed by atoms with Gasteiger partial charge in [0.2, 0.25) is 5.91 Å². The quantitative estimate of drug-likeness (QED) is 0.583. The molecule has 0 bridgehead atoms. The van der Waals surface area contributed by atoms with Crippen LogP contribution in [0.2, 0.25) is 0 Å². The van der Waals surface area contributed by atoms with Crippen molar-refractivity contribution >= 4 is 5.91 Å². The monoisotopic (exact) mass is 196 g/mol. The molecule has 0 spiro atoms. The molecule has 1 amide bonds. The van der Waals surface area contributed by atoms with Crippen molar-refractivity contribution in [2.24, 2.45) is 5.92 Å². The van der Waals surface area contributed by atoms with Gasteiger partial charge in [-0.15, -0.1) is 0 Å². The molecular weight excluding hydrogens is 176 g/mol. The molecule has 0 saturated carbocycles. The molecule has 0 aromatic carbocycles. The van der Waals surface area contributed by atoms with Gasteiger partial charge >= 0.3 is 0 Å². The van der Waals surface area contributed by atoms with Crippen LogP contribution in [0.5, 0.6) is 0 Å². The first-order chi connectivity index (χ1) is 6.61. The highest BCUT2D eigenvalue weighted by Crippen LogP contribution is 2.12. The van der Waals surface area contributed by atoms with Gasteiger partial charge in [-0.1, -0.05) is 12.2 Å². The van der Waals surface area contributed by atoms with Gasteiger partial charge < -0.3 is 9.80 Å². The normalized spacial score (nSPS) is 24.1. The van der Waals surface area contributed by atoms with E-state index in [-0.39, 0.29) is 11.8 Å². The van der Waals surface area contributed by atoms with E-state index in [2.05, 4.69) is 24.1 Å². The van der Waals surface area contributed by atoms with Crippen molar-refractivity contribution in [3.8, 4) is 0 Å². The number of hydrogen-bond donors (Lipinski definition) is 0. The third-order valence-corrected chi connectivity index (χ3v) is 2.59. The van der Waals surface area contributed by atoms with Gasteiger partial charge in [0, 0.05) is 27.2 Å². The van der Waals surface area contributed by atoms with Gasteiger partial charge in [0.15, 0.2) is 0 Å². The first-order valence-corrected chi connectivity index (χ1v) is 5.16. The van der Waals surface area contributed by atoms with E-state index in [1.807, 2.05) is 14.1 Å². The Kier molecular flexibility index (Phi) is 4.14. The minimum absolute atomic E-state index is 0.131. The van der Waals surface area contributed by atoms with Crippen LogP contribution in [0, 0.1) is 5.92 Å². The maximum atomic E-state index is 11.8. The van der Waals surface area contributed by atoms with Gasteiger partial charge in [0.25, 0.3) is 0 Å². The van der Waals surface area contributed by atoms with Crippen LogP contribution in [0.15, 0.2) is 12.2 Å². The lowest BCUT2D eigenvalue weighted by Gasteiger charge is -2.26. The smallest absolute Gasteiger partial charge is 0.226 e. The summed E-state index contributed by atoms with van der Waals surface area (Å²) in [6, 6.07) is 0. The summed E-state index contributed by atoms with van der Waals surface area (Å²) < 4.78 is 0. The molecule has 1 atom stereocenters. The van der Waals surface area contributed by atoms with E-state index in [1.165, 1.54) is 0 Å². The first-order valence-electron chi connectivity index (χ1n) is 5.16. The van der Waals surface area contributed by atoms with Crippen molar-refractivity contribution in [2.45, 2.75) is 12.8 Å². The molecule has 0 aromatic rings. The van der Waals surface area contributed by atoms with E-state index < -0.39 is 0 Å². The lowest BCUT2D eigenvalue weighted by molar-refractivity contribution is -0.133. The van der Waals surface area contributed by atoms with Gasteiger partial charge in [-0.25, -0.2) is 0 Å². The highest BCUT2D eigenvalue weighted by Gasteiger charge is 2.21. The summed E-state index contributed by atoms with van der Waals surface area (Å²) in [5, 5.41) is 0. The Morgan fingerprint density at radius 1 is 1.43 bits per heavy atom. The molecule has 0 fully saturated rings.